The van der Waals surface area contributed by atoms with Gasteiger partial charge in [0.05, 0.1) is 6.20 Å². The van der Waals surface area contributed by atoms with Crippen LogP contribution in [0.3, 0.4) is 0 Å². The van der Waals surface area contributed by atoms with E-state index in [1.807, 2.05) is 17.1 Å². The Morgan fingerprint density at radius 1 is 1.38 bits per heavy atom. The third-order valence-electron chi connectivity index (χ3n) is 3.29. The van der Waals surface area contributed by atoms with Crippen molar-refractivity contribution in [2.24, 2.45) is 5.73 Å². The van der Waals surface area contributed by atoms with Crippen LogP contribution in [0, 0.1) is 0 Å². The van der Waals surface area contributed by atoms with E-state index < -0.39 is 0 Å². The molecular formula is C13H15N3. The molecule has 82 valence electrons. The van der Waals surface area contributed by atoms with Crippen molar-refractivity contribution < 1.29 is 0 Å². The van der Waals surface area contributed by atoms with Crippen molar-refractivity contribution in [3.05, 3.63) is 53.3 Å². The molecule has 3 heteroatoms. The Bertz CT molecular complexity index is 501. The number of nitrogens with zero attached hydrogens (tertiary/aromatic N) is 2. The Morgan fingerprint density at radius 3 is 3.00 bits per heavy atom. The van der Waals surface area contributed by atoms with Gasteiger partial charge in [0.1, 0.15) is 0 Å². The molecule has 0 bridgehead atoms. The van der Waals surface area contributed by atoms with Crippen LogP contribution in [0.4, 0.5) is 0 Å². The maximum atomic E-state index is 5.56. The fraction of sp³-hybridized carbons (Fsp3) is 0.308. The van der Waals surface area contributed by atoms with E-state index in [0.29, 0.717) is 12.5 Å². The van der Waals surface area contributed by atoms with Crippen LogP contribution in [0.25, 0.3) is 0 Å². The predicted molar refractivity (Wildman–Crippen MR) is 63.0 cm³/mol. The monoisotopic (exact) mass is 213 g/mol. The lowest BCUT2D eigenvalue weighted by Gasteiger charge is -2.29. The number of rotatable bonds is 3. The van der Waals surface area contributed by atoms with Crippen molar-refractivity contribution in [3.63, 3.8) is 0 Å². The van der Waals surface area contributed by atoms with Gasteiger partial charge in [-0.2, -0.15) is 5.10 Å². The van der Waals surface area contributed by atoms with Gasteiger partial charge in [-0.05, 0) is 17.5 Å². The van der Waals surface area contributed by atoms with Crippen molar-refractivity contribution in [1.29, 1.82) is 0 Å². The molecule has 1 aliphatic rings. The van der Waals surface area contributed by atoms with Gasteiger partial charge in [-0.25, -0.2) is 0 Å². The van der Waals surface area contributed by atoms with Gasteiger partial charge in [0.25, 0.3) is 0 Å². The maximum Gasteiger partial charge on any atom is 0.0534 e. The van der Waals surface area contributed by atoms with Crippen LogP contribution in [0.2, 0.25) is 0 Å². The van der Waals surface area contributed by atoms with Crippen LogP contribution in [0.5, 0.6) is 0 Å². The summed E-state index contributed by atoms with van der Waals surface area (Å²) < 4.78 is 2.00. The highest BCUT2D eigenvalue weighted by molar-refractivity contribution is 5.39. The molecule has 0 saturated heterocycles. The summed E-state index contributed by atoms with van der Waals surface area (Å²) in [6, 6.07) is 8.64. The highest BCUT2D eigenvalue weighted by atomic mass is 15.3. The molecule has 1 aromatic heterocycles. The molecule has 1 aliphatic carbocycles. The van der Waals surface area contributed by atoms with Crippen molar-refractivity contribution in [2.45, 2.75) is 25.4 Å². The zero-order valence-corrected chi connectivity index (χ0v) is 9.13. The molecule has 0 aliphatic heterocycles. The molecular weight excluding hydrogens is 198 g/mol. The zero-order chi connectivity index (χ0) is 11.0. The molecule has 0 amide bonds. The van der Waals surface area contributed by atoms with E-state index >= 15 is 0 Å². The van der Waals surface area contributed by atoms with Crippen molar-refractivity contribution in [2.75, 3.05) is 0 Å². The van der Waals surface area contributed by atoms with Crippen LogP contribution in [-0.4, -0.2) is 9.78 Å². The molecule has 16 heavy (non-hydrogen) atoms. The number of benzene rings is 1. The maximum absolute atomic E-state index is 5.56. The minimum absolute atomic E-state index is 0.571. The number of nitrogens with two attached hydrogens (primary N) is 1. The Hall–Kier alpha value is -1.61. The van der Waals surface area contributed by atoms with E-state index in [0.717, 1.165) is 12.1 Å². The number of hydrogen-bond donors (Lipinski definition) is 1. The summed E-state index contributed by atoms with van der Waals surface area (Å²) >= 11 is 0. The van der Waals surface area contributed by atoms with Gasteiger partial charge in [0.15, 0.2) is 0 Å². The first kappa shape index (κ1) is 9.60. The van der Waals surface area contributed by atoms with Gasteiger partial charge in [0, 0.05) is 30.8 Å². The predicted octanol–water partition coefficient (Wildman–Crippen LogP) is 1.68. The quantitative estimate of drug-likeness (QED) is 0.843. The molecule has 0 radical (unpaired) electrons. The zero-order valence-electron chi connectivity index (χ0n) is 9.13. The minimum Gasteiger partial charge on any atom is -0.326 e. The van der Waals surface area contributed by atoms with Gasteiger partial charge in [0.2, 0.25) is 0 Å². The van der Waals surface area contributed by atoms with Crippen molar-refractivity contribution in [3.8, 4) is 0 Å². The standard InChI is InChI=1S/C13H15N3/c14-6-10-7-15-16(8-10)9-12-5-11-3-1-2-4-13(11)12/h1-4,7-8,12H,5-6,9,14H2. The molecule has 2 aromatic rings. The second-order valence-corrected chi connectivity index (χ2v) is 4.37. The van der Waals surface area contributed by atoms with Crippen molar-refractivity contribution >= 4 is 0 Å². The topological polar surface area (TPSA) is 43.8 Å². The lowest BCUT2D eigenvalue weighted by molar-refractivity contribution is 0.475. The summed E-state index contributed by atoms with van der Waals surface area (Å²) in [5, 5.41) is 4.32. The molecule has 0 saturated carbocycles. The second kappa shape index (κ2) is 3.76. The smallest absolute Gasteiger partial charge is 0.0534 e. The van der Waals surface area contributed by atoms with Crippen LogP contribution < -0.4 is 5.73 Å². The van der Waals surface area contributed by atoms with E-state index in [4.69, 9.17) is 5.73 Å². The van der Waals surface area contributed by atoms with Gasteiger partial charge < -0.3 is 5.73 Å². The summed E-state index contributed by atoms with van der Waals surface area (Å²) in [5.41, 5.74) is 9.63. The third-order valence-corrected chi connectivity index (χ3v) is 3.29. The Morgan fingerprint density at radius 2 is 2.25 bits per heavy atom. The van der Waals surface area contributed by atoms with E-state index in [1.54, 1.807) is 0 Å². The molecule has 3 nitrogen and oxygen atoms in total. The fourth-order valence-corrected chi connectivity index (χ4v) is 2.36. The van der Waals surface area contributed by atoms with Crippen LogP contribution in [0.1, 0.15) is 22.6 Å². The Kier molecular flexibility index (Phi) is 2.26. The Balaban J connectivity index is 1.74. The number of aromatic nitrogens is 2. The molecule has 1 unspecified atom stereocenters. The second-order valence-electron chi connectivity index (χ2n) is 4.37. The molecule has 0 spiro atoms. The summed E-state index contributed by atoms with van der Waals surface area (Å²) in [6.45, 7) is 1.54. The van der Waals surface area contributed by atoms with E-state index in [2.05, 4.69) is 29.4 Å². The molecule has 1 heterocycles. The first-order chi connectivity index (χ1) is 7.86. The minimum atomic E-state index is 0.571. The molecule has 2 N–H and O–H groups in total. The average Bonchev–Trinajstić information content (AvgIpc) is 2.74. The van der Waals surface area contributed by atoms with Crippen LogP contribution in [0.15, 0.2) is 36.7 Å². The molecule has 3 rings (SSSR count). The summed E-state index contributed by atoms with van der Waals surface area (Å²) in [5.74, 6) is 0.627. The highest BCUT2D eigenvalue weighted by Crippen LogP contribution is 2.35. The summed E-state index contributed by atoms with van der Waals surface area (Å²) in [7, 11) is 0. The molecule has 0 fully saturated rings. The average molecular weight is 213 g/mol. The lowest BCUT2D eigenvalue weighted by atomic mass is 9.78. The fourth-order valence-electron chi connectivity index (χ4n) is 2.36. The van der Waals surface area contributed by atoms with Gasteiger partial charge in [-0.3, -0.25) is 4.68 Å². The number of fused-ring (bicyclic) bond motifs is 1. The van der Waals surface area contributed by atoms with Gasteiger partial charge in [-0.15, -0.1) is 0 Å². The first-order valence-electron chi connectivity index (χ1n) is 5.66. The third kappa shape index (κ3) is 1.53. The van der Waals surface area contributed by atoms with Crippen molar-refractivity contribution in [1.82, 2.24) is 9.78 Å². The first-order valence-corrected chi connectivity index (χ1v) is 5.66. The summed E-state index contributed by atoms with van der Waals surface area (Å²) in [6.07, 6.45) is 5.07. The highest BCUT2D eigenvalue weighted by Gasteiger charge is 2.25. The van der Waals surface area contributed by atoms with Gasteiger partial charge in [-0.1, -0.05) is 24.3 Å². The SMILES string of the molecule is NCc1cnn(CC2Cc3ccccc32)c1. The normalized spacial score (nSPS) is 17.9. The Labute approximate surface area is 94.9 Å². The van der Waals surface area contributed by atoms with E-state index in [1.165, 1.54) is 17.5 Å². The summed E-state index contributed by atoms with van der Waals surface area (Å²) in [4.78, 5) is 0. The molecule has 1 atom stereocenters. The lowest BCUT2D eigenvalue weighted by Crippen LogP contribution is -2.22. The molecule has 1 aromatic carbocycles. The van der Waals surface area contributed by atoms with Crippen LogP contribution in [-0.2, 0) is 19.5 Å². The van der Waals surface area contributed by atoms with Crippen LogP contribution >= 0.6 is 0 Å². The van der Waals surface area contributed by atoms with Gasteiger partial charge >= 0.3 is 0 Å². The van der Waals surface area contributed by atoms with E-state index in [9.17, 15) is 0 Å². The number of hydrogen-bond acceptors (Lipinski definition) is 2. The van der Waals surface area contributed by atoms with E-state index in [-0.39, 0.29) is 0 Å². The largest absolute Gasteiger partial charge is 0.326 e.